The highest BCUT2D eigenvalue weighted by Gasteiger charge is 2.07. The van der Waals surface area contributed by atoms with Crippen molar-refractivity contribution in [3.8, 4) is 5.75 Å². The first-order chi connectivity index (χ1) is 13.2. The van der Waals surface area contributed by atoms with Gasteiger partial charge in [0.05, 0.1) is 12.7 Å². The normalized spacial score (nSPS) is 10.3. The number of carbonyl (C=O) groups is 1. The summed E-state index contributed by atoms with van der Waals surface area (Å²) in [4.78, 5) is 16.7. The van der Waals surface area contributed by atoms with E-state index < -0.39 is 0 Å². The zero-order valence-electron chi connectivity index (χ0n) is 15.5. The van der Waals surface area contributed by atoms with Crippen LogP contribution in [0.1, 0.15) is 28.4 Å². The highest BCUT2D eigenvalue weighted by molar-refractivity contribution is 5.94. The molecule has 0 aliphatic rings. The van der Waals surface area contributed by atoms with Gasteiger partial charge in [-0.05, 0) is 47.9 Å². The molecule has 5 nitrogen and oxygen atoms in total. The van der Waals surface area contributed by atoms with Gasteiger partial charge in [-0.15, -0.1) is 0 Å². The summed E-state index contributed by atoms with van der Waals surface area (Å²) >= 11 is 0. The maximum absolute atomic E-state index is 12.3. The van der Waals surface area contributed by atoms with Crippen LogP contribution in [0.4, 0.5) is 11.5 Å². The number of aryl methyl sites for hydroxylation is 1. The molecule has 0 saturated heterocycles. The molecule has 5 heteroatoms. The molecule has 3 rings (SSSR count). The Morgan fingerprint density at radius 2 is 1.81 bits per heavy atom. The highest BCUT2D eigenvalue weighted by Crippen LogP contribution is 2.20. The molecular formula is C22H23N3O2. The zero-order valence-corrected chi connectivity index (χ0v) is 15.5. The quantitative estimate of drug-likeness (QED) is 0.658. The minimum atomic E-state index is -0.154. The van der Waals surface area contributed by atoms with Gasteiger partial charge in [0.15, 0.2) is 0 Å². The molecule has 2 N–H and O–H groups in total. The third-order valence-corrected chi connectivity index (χ3v) is 4.30. The van der Waals surface area contributed by atoms with Gasteiger partial charge in [-0.2, -0.15) is 0 Å². The fourth-order valence-corrected chi connectivity index (χ4v) is 2.72. The molecule has 0 aliphatic carbocycles. The second-order valence-corrected chi connectivity index (χ2v) is 6.10. The first kappa shape index (κ1) is 18.5. The van der Waals surface area contributed by atoms with Crippen LogP contribution in [0.2, 0.25) is 0 Å². The number of rotatable bonds is 7. The van der Waals surface area contributed by atoms with Crippen molar-refractivity contribution in [1.29, 1.82) is 0 Å². The van der Waals surface area contributed by atoms with Gasteiger partial charge in [0.25, 0.3) is 5.91 Å². The summed E-state index contributed by atoms with van der Waals surface area (Å²) in [6.45, 7) is 2.57. The molecule has 1 aromatic heterocycles. The van der Waals surface area contributed by atoms with Crippen molar-refractivity contribution in [3.05, 3.63) is 83.6 Å². The van der Waals surface area contributed by atoms with Crippen LogP contribution in [0.5, 0.6) is 5.75 Å². The minimum absolute atomic E-state index is 0.154. The molecule has 0 saturated carbocycles. The number of amides is 1. The predicted octanol–water partition coefficient (Wildman–Crippen LogP) is 4.33. The fourth-order valence-electron chi connectivity index (χ4n) is 2.72. The lowest BCUT2D eigenvalue weighted by molar-refractivity contribution is 0.0950. The summed E-state index contributed by atoms with van der Waals surface area (Å²) < 4.78 is 5.13. The summed E-state index contributed by atoms with van der Waals surface area (Å²) in [7, 11) is 1.63. The van der Waals surface area contributed by atoms with Gasteiger partial charge in [-0.25, -0.2) is 4.98 Å². The molecule has 0 unspecified atom stereocenters. The van der Waals surface area contributed by atoms with Gasteiger partial charge in [-0.1, -0.05) is 37.3 Å². The molecule has 138 valence electrons. The molecule has 0 radical (unpaired) electrons. The Morgan fingerprint density at radius 3 is 2.48 bits per heavy atom. The van der Waals surface area contributed by atoms with Crippen LogP contribution in [-0.4, -0.2) is 18.0 Å². The number of pyridine rings is 1. The van der Waals surface area contributed by atoms with Crippen molar-refractivity contribution in [3.63, 3.8) is 0 Å². The van der Waals surface area contributed by atoms with E-state index in [-0.39, 0.29) is 5.91 Å². The minimum Gasteiger partial charge on any atom is -0.497 e. The average molecular weight is 361 g/mol. The summed E-state index contributed by atoms with van der Waals surface area (Å²) in [5.74, 6) is 1.35. The molecule has 27 heavy (non-hydrogen) atoms. The van der Waals surface area contributed by atoms with Crippen LogP contribution in [0.15, 0.2) is 66.9 Å². The van der Waals surface area contributed by atoms with Gasteiger partial charge in [0, 0.05) is 18.4 Å². The first-order valence-corrected chi connectivity index (χ1v) is 8.91. The Balaban J connectivity index is 1.59. The van der Waals surface area contributed by atoms with Gasteiger partial charge >= 0.3 is 0 Å². The van der Waals surface area contributed by atoms with Crippen LogP contribution in [0.25, 0.3) is 0 Å². The van der Waals surface area contributed by atoms with E-state index in [4.69, 9.17) is 4.74 Å². The third-order valence-electron chi connectivity index (χ3n) is 4.30. The van der Waals surface area contributed by atoms with Gasteiger partial charge in [0.1, 0.15) is 11.6 Å². The molecule has 1 heterocycles. The molecule has 0 spiro atoms. The van der Waals surface area contributed by atoms with Crippen molar-refractivity contribution in [2.75, 3.05) is 12.4 Å². The monoisotopic (exact) mass is 361 g/mol. The van der Waals surface area contributed by atoms with Crippen molar-refractivity contribution in [2.45, 2.75) is 19.9 Å². The Morgan fingerprint density at radius 1 is 1.04 bits per heavy atom. The van der Waals surface area contributed by atoms with Gasteiger partial charge in [-0.3, -0.25) is 4.79 Å². The first-order valence-electron chi connectivity index (χ1n) is 8.91. The second-order valence-electron chi connectivity index (χ2n) is 6.10. The smallest absolute Gasteiger partial charge is 0.253 e. The van der Waals surface area contributed by atoms with Crippen molar-refractivity contribution in [2.24, 2.45) is 0 Å². The van der Waals surface area contributed by atoms with E-state index in [9.17, 15) is 4.79 Å². The van der Waals surface area contributed by atoms with E-state index in [1.54, 1.807) is 19.4 Å². The Kier molecular flexibility index (Phi) is 6.05. The Bertz CT molecular complexity index is 890. The van der Waals surface area contributed by atoms with Gasteiger partial charge < -0.3 is 15.4 Å². The molecule has 2 aromatic carbocycles. The number of ether oxygens (including phenoxy) is 1. The highest BCUT2D eigenvalue weighted by atomic mass is 16.5. The van der Waals surface area contributed by atoms with E-state index in [1.807, 2.05) is 48.5 Å². The van der Waals surface area contributed by atoms with Crippen molar-refractivity contribution >= 4 is 17.4 Å². The SMILES string of the molecule is CCc1ccccc1Nc1ccc(C(=O)NCc2ccc(OC)cc2)cn1. The molecular weight excluding hydrogens is 338 g/mol. The summed E-state index contributed by atoms with van der Waals surface area (Å²) in [6, 6.07) is 19.3. The van der Waals surface area contributed by atoms with E-state index in [1.165, 1.54) is 5.56 Å². The zero-order chi connectivity index (χ0) is 19.1. The van der Waals surface area contributed by atoms with Gasteiger partial charge in [0.2, 0.25) is 0 Å². The lowest BCUT2D eigenvalue weighted by Gasteiger charge is -2.11. The molecule has 0 atom stereocenters. The van der Waals surface area contributed by atoms with Crippen LogP contribution in [0, 0.1) is 0 Å². The average Bonchev–Trinajstić information content (AvgIpc) is 2.73. The number of methoxy groups -OCH3 is 1. The molecule has 3 aromatic rings. The number of carbonyl (C=O) groups excluding carboxylic acids is 1. The Hall–Kier alpha value is -3.34. The molecule has 0 fully saturated rings. The number of nitrogens with one attached hydrogen (secondary N) is 2. The van der Waals surface area contributed by atoms with Crippen LogP contribution >= 0.6 is 0 Å². The van der Waals surface area contributed by atoms with Crippen LogP contribution in [-0.2, 0) is 13.0 Å². The van der Waals surface area contributed by atoms with Crippen LogP contribution in [0.3, 0.4) is 0 Å². The maximum Gasteiger partial charge on any atom is 0.253 e. The molecule has 1 amide bonds. The summed E-state index contributed by atoms with van der Waals surface area (Å²) in [6.07, 6.45) is 2.52. The number of para-hydroxylation sites is 1. The Labute approximate surface area is 159 Å². The molecule has 0 bridgehead atoms. The lowest BCUT2D eigenvalue weighted by atomic mass is 10.1. The largest absolute Gasteiger partial charge is 0.497 e. The molecule has 0 aliphatic heterocycles. The van der Waals surface area contributed by atoms with Crippen molar-refractivity contribution in [1.82, 2.24) is 10.3 Å². The summed E-state index contributed by atoms with van der Waals surface area (Å²) in [5.41, 5.74) is 3.79. The predicted molar refractivity (Wildman–Crippen MR) is 108 cm³/mol. The van der Waals surface area contributed by atoms with E-state index in [2.05, 4.69) is 28.6 Å². The van der Waals surface area contributed by atoms with E-state index in [0.29, 0.717) is 17.9 Å². The number of aromatic nitrogens is 1. The number of hydrogen-bond acceptors (Lipinski definition) is 4. The third kappa shape index (κ3) is 4.85. The number of nitrogens with zero attached hydrogens (tertiary/aromatic N) is 1. The number of anilines is 2. The van der Waals surface area contributed by atoms with E-state index >= 15 is 0 Å². The maximum atomic E-state index is 12.3. The van der Waals surface area contributed by atoms with Crippen LogP contribution < -0.4 is 15.4 Å². The standard InChI is InChI=1S/C22H23N3O2/c1-3-17-6-4-5-7-20(17)25-21-13-10-18(15-23-21)22(26)24-14-16-8-11-19(27-2)12-9-16/h4-13,15H,3,14H2,1-2H3,(H,23,25)(H,24,26). The lowest BCUT2D eigenvalue weighted by Crippen LogP contribution is -2.22. The number of hydrogen-bond donors (Lipinski definition) is 2. The van der Waals surface area contributed by atoms with Crippen molar-refractivity contribution < 1.29 is 9.53 Å². The second kappa shape index (κ2) is 8.85. The summed E-state index contributed by atoms with van der Waals surface area (Å²) in [5, 5.41) is 6.20. The number of benzene rings is 2. The fraction of sp³-hybridized carbons (Fsp3) is 0.182. The van der Waals surface area contributed by atoms with E-state index in [0.717, 1.165) is 23.4 Å². The topological polar surface area (TPSA) is 63.2 Å².